The van der Waals surface area contributed by atoms with E-state index in [1.54, 1.807) is 30.3 Å². The average Bonchev–Trinajstić information content (AvgIpc) is 0.745. The summed E-state index contributed by atoms with van der Waals surface area (Å²) in [6.07, 6.45) is -68.8. The van der Waals surface area contributed by atoms with E-state index in [1.165, 1.54) is 25.4 Å². The van der Waals surface area contributed by atoms with Gasteiger partial charge in [-0.3, -0.25) is 9.10 Å². The van der Waals surface area contributed by atoms with E-state index in [1.807, 2.05) is 0 Å². The van der Waals surface area contributed by atoms with Crippen LogP contribution >= 0.6 is 0 Å². The van der Waals surface area contributed by atoms with Gasteiger partial charge in [0.2, 0.25) is 0 Å². The highest BCUT2D eigenvalue weighted by Crippen LogP contribution is 2.40. The Kier molecular flexibility index (Phi) is 25.9. The minimum atomic E-state index is -3.91. The Labute approximate surface area is 565 Å². The summed E-state index contributed by atoms with van der Waals surface area (Å²) in [4.78, 5) is 16.3. The number of carbonyl (C=O) groups is 1. The molecule has 0 spiro atoms. The van der Waals surface area contributed by atoms with Crippen molar-refractivity contribution < 1.29 is 192 Å². The van der Waals surface area contributed by atoms with Gasteiger partial charge in [-0.2, -0.15) is 0 Å². The maximum Gasteiger partial charge on any atom is 0.277 e. The Balaban J connectivity index is 0.000000394. The molecule has 1 amide bonds. The number of nitrogens with one attached hydrogen (secondary N) is 1. The zero-order valence-electron chi connectivity index (χ0n) is 52.4. The van der Waals surface area contributed by atoms with E-state index in [9.17, 15) is 126 Å². The number of aliphatic hydroxyl groups is 22. The fourth-order valence-electron chi connectivity index (χ4n) is 12.7. The predicted octanol–water partition coefficient (Wildman–Crippen LogP) is -13.6. The maximum atomic E-state index is 12.5. The SMILES string of the molecule is CN1C(C(=O)Nc2ccccn2)=C(O)c2ccccc2S1(=O)=O.OC[C@H]1O[C@@H]2O[C@H]3[C@H](O)[C@@H](O)[C@@H](O[C@H]4[C@H](O)[C@@H](O)[C@@H](O[C@H]5[C@H](O)[C@@H](O)[C@@H](O[C@H]6[C@H](O)[C@@H](O)[C@@H](O[C@H]7[C@H](O)[C@@H](O)[C@@H](O[C@H]8[C@H](O)[C@@H](O)[C@@H](O[C@H]1[C@H](O)[C@H]2O)O[C@@H]8CO)O[C@@H]7CO)O[C@@H]6CO)O[C@@H]5CO)O[C@@H]4CO)O[C@@H]3CO. The van der Waals surface area contributed by atoms with E-state index in [0.717, 1.165) is 4.31 Å². The number of hydrogen-bond donors (Lipinski definition) is 23. The minimum absolute atomic E-state index is 0.0469. The van der Waals surface area contributed by atoms with Crippen LogP contribution in [0.3, 0.4) is 0 Å². The van der Waals surface area contributed by atoms with Gasteiger partial charge < -0.3 is 184 Å². The summed E-state index contributed by atoms with van der Waals surface area (Å²) in [6.45, 7) is -7.33. The normalized spacial score (nSPS) is 46.3. The molecule has 0 unspecified atom stereocenters. The second-order valence-electron chi connectivity index (χ2n) is 24.5. The van der Waals surface area contributed by atoms with E-state index < -0.39 is 283 Å². The van der Waals surface area contributed by atoms with Gasteiger partial charge in [0.15, 0.2) is 55.5 Å². The van der Waals surface area contributed by atoms with E-state index >= 15 is 0 Å². The van der Waals surface area contributed by atoms with Gasteiger partial charge in [0, 0.05) is 18.8 Å². The lowest BCUT2D eigenvalue weighted by molar-refractivity contribution is -0.396. The maximum absolute atomic E-state index is 12.5. The molecule has 43 heteroatoms. The largest absolute Gasteiger partial charge is 0.505 e. The highest BCUT2D eigenvalue weighted by molar-refractivity contribution is 7.89. The quantitative estimate of drug-likeness (QED) is 0.111. The number of fused-ring (bicyclic) bond motifs is 1. The monoisotopic (exact) mass is 1470 g/mol. The van der Waals surface area contributed by atoms with Crippen LogP contribution in [0, 0.1) is 0 Å². The number of sulfonamides is 1. The number of rotatable bonds is 9. The molecule has 23 N–H and O–H groups in total. The summed E-state index contributed by atoms with van der Waals surface area (Å²) in [6, 6.07) is 10.9. The molecule has 2 aromatic rings. The third kappa shape index (κ3) is 15.4. The molecule has 35 atom stereocenters. The number of anilines is 1. The van der Waals surface area contributed by atoms with Crippen molar-refractivity contribution in [2.45, 2.75) is 220 Å². The number of amides is 1. The van der Waals surface area contributed by atoms with Crippen LogP contribution in [0.1, 0.15) is 5.56 Å². The molecule has 21 fully saturated rings. The second-order valence-corrected chi connectivity index (χ2v) is 26.4. The minimum Gasteiger partial charge on any atom is -0.505 e. The molecule has 1 aromatic heterocycles. The van der Waals surface area contributed by atoms with Gasteiger partial charge in [-0.15, -0.1) is 0 Å². The van der Waals surface area contributed by atoms with E-state index in [4.69, 9.17) is 66.3 Å². The van der Waals surface area contributed by atoms with Crippen LogP contribution in [0.25, 0.3) is 5.76 Å². The molecule has 42 nitrogen and oxygen atoms in total. The fourth-order valence-corrected chi connectivity index (χ4v) is 14.1. The summed E-state index contributed by atoms with van der Waals surface area (Å²) in [5, 5.41) is 243. The standard InChI is InChI=1S/C42H70O35.C15H13N3O4S/c43-1-8-29-15(50)22(57)36(64-8)72-30-9(2-44)66-38(24(59)17(30)52)74-32-11(4-46)68-40(26(61)19(32)54)76-34-13(6-48)70-42(28(63)21(34)56)77-35-14(7-49)69-41(27(62)20(35)55)75-33-12(5-47)67-39(25(60)18(33)53)73-31-10(3-45)65-37(71-29)23(58)16(31)51;1-18-13(15(20)17-12-8-4-5-9-16-12)14(19)10-6-2-3-7-11(10)23(18,21)22/h8-63H,1-7H2;2-9,19H,1H3,(H,16,17,20)/t8-,9-,10-,11-,12-,13-,14-,15-,16-,17-,18-,19-,20-,21-,22-,23-,24-,25-,26-,27-,28-,29-,30-,31-,32-,33-,34-,35-,36-,37-,38-,39-,40-,41-,42-;/m1./s1. The molecule has 100 heavy (non-hydrogen) atoms. The zero-order valence-corrected chi connectivity index (χ0v) is 53.2. The van der Waals surface area contributed by atoms with E-state index in [2.05, 4.69) is 10.3 Å². The summed E-state index contributed by atoms with van der Waals surface area (Å²) in [5.74, 6) is -0.907. The third-order valence-electron chi connectivity index (χ3n) is 18.2. The predicted molar refractivity (Wildman–Crippen MR) is 312 cm³/mol. The summed E-state index contributed by atoms with van der Waals surface area (Å²) >= 11 is 0. The van der Waals surface area contributed by atoms with Crippen molar-refractivity contribution in [3.63, 3.8) is 0 Å². The van der Waals surface area contributed by atoms with Crippen molar-refractivity contribution in [2.24, 2.45) is 0 Å². The van der Waals surface area contributed by atoms with Crippen molar-refractivity contribution in [1.29, 1.82) is 0 Å². The molecule has 1 aromatic carbocycles. The lowest BCUT2D eigenvalue weighted by Gasteiger charge is -2.50. The van der Waals surface area contributed by atoms with Gasteiger partial charge in [0.1, 0.15) is 177 Å². The van der Waals surface area contributed by atoms with Crippen molar-refractivity contribution in [2.75, 3.05) is 58.6 Å². The van der Waals surface area contributed by atoms with Gasteiger partial charge in [0.05, 0.1) is 51.1 Å². The Hall–Kier alpha value is -4.27. The Morgan fingerprint density at radius 3 is 0.850 bits per heavy atom. The van der Waals surface area contributed by atoms with Crippen molar-refractivity contribution in [3.8, 4) is 0 Å². The molecule has 23 heterocycles. The van der Waals surface area contributed by atoms with Gasteiger partial charge in [-0.05, 0) is 24.3 Å². The van der Waals surface area contributed by atoms with Crippen molar-refractivity contribution >= 4 is 27.5 Å². The van der Waals surface area contributed by atoms with Crippen LogP contribution in [-0.4, -0.2) is 404 Å². The van der Waals surface area contributed by atoms with Gasteiger partial charge in [-0.1, -0.05) is 18.2 Å². The molecule has 0 saturated carbocycles. The smallest absolute Gasteiger partial charge is 0.277 e. The molecule has 14 bridgehead atoms. The molecule has 0 radical (unpaired) electrons. The highest BCUT2D eigenvalue weighted by atomic mass is 32.2. The molecule has 566 valence electrons. The number of benzene rings is 1. The first-order chi connectivity index (χ1) is 47.6. The van der Waals surface area contributed by atoms with Gasteiger partial charge >= 0.3 is 0 Å². The van der Waals surface area contributed by atoms with Crippen molar-refractivity contribution in [1.82, 2.24) is 9.29 Å². The van der Waals surface area contributed by atoms with Crippen LogP contribution in [0.5, 0.6) is 0 Å². The first-order valence-electron chi connectivity index (χ1n) is 31.3. The number of ether oxygens (including phenoxy) is 14. The van der Waals surface area contributed by atoms with Gasteiger partial charge in [0.25, 0.3) is 15.9 Å². The summed E-state index contributed by atoms with van der Waals surface area (Å²) < 4.78 is 105. The Morgan fingerprint density at radius 1 is 0.380 bits per heavy atom. The molecule has 24 rings (SSSR count). The van der Waals surface area contributed by atoms with Crippen LogP contribution in [0.2, 0.25) is 0 Å². The first kappa shape index (κ1) is 78.3. The number of nitrogens with zero attached hydrogens (tertiary/aromatic N) is 2. The van der Waals surface area contributed by atoms with Crippen LogP contribution < -0.4 is 5.32 Å². The number of carbonyl (C=O) groups excluding carboxylic acids is 1. The number of pyridine rings is 1. The topological polar surface area (TPSA) is 654 Å². The highest BCUT2D eigenvalue weighted by Gasteiger charge is 2.60. The molecule has 21 saturated heterocycles. The van der Waals surface area contributed by atoms with Crippen LogP contribution in [0.4, 0.5) is 5.82 Å². The van der Waals surface area contributed by atoms with Crippen LogP contribution in [0.15, 0.2) is 59.3 Å². The van der Waals surface area contributed by atoms with Crippen LogP contribution in [-0.2, 0) is 81.1 Å². The second kappa shape index (κ2) is 33.0. The van der Waals surface area contributed by atoms with Crippen molar-refractivity contribution in [3.05, 3.63) is 59.9 Å². The lowest BCUT2D eigenvalue weighted by Crippen LogP contribution is -2.68. The van der Waals surface area contributed by atoms with E-state index in [0.29, 0.717) is 0 Å². The molecule has 22 aliphatic heterocycles. The molecule has 0 aliphatic carbocycles. The number of hydrogen-bond acceptors (Lipinski definition) is 40. The summed E-state index contributed by atoms with van der Waals surface area (Å²) in [7, 11) is -2.69. The fraction of sp³-hybridized carbons (Fsp3) is 0.754. The first-order valence-corrected chi connectivity index (χ1v) is 32.7. The van der Waals surface area contributed by atoms with E-state index in [-0.39, 0.29) is 22.0 Å². The Morgan fingerprint density at radius 2 is 0.620 bits per heavy atom. The lowest BCUT2D eigenvalue weighted by atomic mass is 9.95. The molecule has 22 aliphatic rings. The Bertz CT molecular complexity index is 2770. The average molecular weight is 1470 g/mol. The third-order valence-corrected chi connectivity index (χ3v) is 20.0. The van der Waals surface area contributed by atoms with Gasteiger partial charge in [-0.25, -0.2) is 13.4 Å². The molecular formula is C57H83N3O39S. The zero-order chi connectivity index (χ0) is 72.7. The summed E-state index contributed by atoms with van der Waals surface area (Å²) in [5.41, 5.74) is -0.258. The molecular weight excluding hydrogens is 1380 g/mol. The number of likely N-dealkylation sites (N-methyl/N-ethyl adjacent to an activating group) is 1. The number of aromatic nitrogens is 1. The number of aliphatic hydroxyl groups excluding tert-OH is 22.